The molecule has 1 heterocycles. The number of carbonyl (C=O) groups excluding carboxylic acids is 1. The van der Waals surface area contributed by atoms with Crippen LogP contribution in [0.15, 0.2) is 30.3 Å². The fourth-order valence-corrected chi connectivity index (χ4v) is 3.12. The minimum atomic E-state index is -0.491. The molecule has 1 aromatic carbocycles. The highest BCUT2D eigenvalue weighted by Gasteiger charge is 2.36. The van der Waals surface area contributed by atoms with Crippen molar-refractivity contribution in [2.24, 2.45) is 0 Å². The smallest absolute Gasteiger partial charge is 0.407 e. The van der Waals surface area contributed by atoms with Crippen LogP contribution in [0.5, 0.6) is 0 Å². The lowest BCUT2D eigenvalue weighted by Crippen LogP contribution is -2.43. The topological polar surface area (TPSA) is 50.8 Å². The second-order valence-electron chi connectivity index (χ2n) is 7.53. The summed E-state index contributed by atoms with van der Waals surface area (Å²) in [5.41, 5.74) is 0.751. The van der Waals surface area contributed by atoms with Crippen LogP contribution in [0.1, 0.15) is 39.2 Å². The Morgan fingerprint density at radius 3 is 2.54 bits per heavy atom. The first-order valence-electron chi connectivity index (χ1n) is 8.58. The summed E-state index contributed by atoms with van der Waals surface area (Å²) in [5, 5.41) is 3.06. The molecular formula is C19H30N2O3. The molecule has 1 fully saturated rings. The first-order valence-corrected chi connectivity index (χ1v) is 8.58. The Morgan fingerprint density at radius 1 is 1.29 bits per heavy atom. The molecular weight excluding hydrogens is 304 g/mol. The minimum Gasteiger partial charge on any atom is -0.444 e. The van der Waals surface area contributed by atoms with Gasteiger partial charge >= 0.3 is 6.09 Å². The molecule has 134 valence electrons. The fourth-order valence-electron chi connectivity index (χ4n) is 3.12. The summed E-state index contributed by atoms with van der Waals surface area (Å²) in [6, 6.07) is 10.4. The van der Waals surface area contributed by atoms with E-state index in [0.29, 0.717) is 0 Å². The maximum absolute atomic E-state index is 12.2. The van der Waals surface area contributed by atoms with Gasteiger partial charge in [-0.05, 0) is 33.3 Å². The average molecular weight is 334 g/mol. The number of methoxy groups -OCH3 is 1. The van der Waals surface area contributed by atoms with E-state index in [0.717, 1.165) is 19.6 Å². The maximum Gasteiger partial charge on any atom is 0.407 e. The van der Waals surface area contributed by atoms with E-state index >= 15 is 0 Å². The second kappa shape index (κ2) is 7.99. The molecule has 3 atom stereocenters. The Bertz CT molecular complexity index is 527. The summed E-state index contributed by atoms with van der Waals surface area (Å²) >= 11 is 0. The van der Waals surface area contributed by atoms with Gasteiger partial charge in [-0.15, -0.1) is 0 Å². The zero-order valence-electron chi connectivity index (χ0n) is 15.4. The number of carbonyl (C=O) groups is 1. The number of likely N-dealkylation sites (tertiary alicyclic amines) is 1. The van der Waals surface area contributed by atoms with Crippen LogP contribution in [-0.4, -0.2) is 55.5 Å². The Balaban J connectivity index is 2.08. The van der Waals surface area contributed by atoms with E-state index in [2.05, 4.69) is 29.3 Å². The predicted octanol–water partition coefficient (Wildman–Crippen LogP) is 3.01. The van der Waals surface area contributed by atoms with Crippen molar-refractivity contribution < 1.29 is 14.3 Å². The number of hydrogen-bond acceptors (Lipinski definition) is 4. The molecule has 1 unspecified atom stereocenters. The molecule has 5 nitrogen and oxygen atoms in total. The van der Waals surface area contributed by atoms with Gasteiger partial charge in [-0.1, -0.05) is 30.3 Å². The van der Waals surface area contributed by atoms with Gasteiger partial charge in [0.25, 0.3) is 0 Å². The van der Waals surface area contributed by atoms with Gasteiger partial charge in [-0.2, -0.15) is 0 Å². The van der Waals surface area contributed by atoms with Gasteiger partial charge in [0.05, 0.1) is 12.1 Å². The largest absolute Gasteiger partial charge is 0.444 e. The first-order chi connectivity index (χ1) is 11.3. The standard InChI is InChI=1S/C19H30N2O3/c1-14(23-5)11-21-12-16(15-9-7-6-8-10-15)17(13-21)20-18(22)24-19(2,3)4/h6-10,14,16-17H,11-13H2,1-5H3,(H,20,22)/t14?,16-,17+/m0/s1. The molecule has 0 aliphatic carbocycles. The molecule has 1 amide bonds. The van der Waals surface area contributed by atoms with Crippen LogP contribution in [0.25, 0.3) is 0 Å². The zero-order valence-corrected chi connectivity index (χ0v) is 15.4. The van der Waals surface area contributed by atoms with Crippen molar-refractivity contribution in [3.63, 3.8) is 0 Å². The van der Waals surface area contributed by atoms with Crippen LogP contribution < -0.4 is 5.32 Å². The van der Waals surface area contributed by atoms with Crippen LogP contribution >= 0.6 is 0 Å². The Morgan fingerprint density at radius 2 is 1.96 bits per heavy atom. The zero-order chi connectivity index (χ0) is 17.7. The van der Waals surface area contributed by atoms with E-state index in [9.17, 15) is 4.79 Å². The Labute approximate surface area is 145 Å². The van der Waals surface area contributed by atoms with Crippen LogP contribution in [-0.2, 0) is 9.47 Å². The molecule has 1 aliphatic heterocycles. The third-order valence-electron chi connectivity index (χ3n) is 4.24. The molecule has 24 heavy (non-hydrogen) atoms. The summed E-state index contributed by atoms with van der Waals surface area (Å²) in [5.74, 6) is 0.253. The maximum atomic E-state index is 12.2. The molecule has 1 N–H and O–H groups in total. The van der Waals surface area contributed by atoms with Crippen LogP contribution in [0.2, 0.25) is 0 Å². The molecule has 1 saturated heterocycles. The molecule has 0 bridgehead atoms. The van der Waals surface area contributed by atoms with Crippen molar-refractivity contribution in [1.29, 1.82) is 0 Å². The summed E-state index contributed by atoms with van der Waals surface area (Å²) in [4.78, 5) is 14.5. The van der Waals surface area contributed by atoms with E-state index < -0.39 is 5.60 Å². The van der Waals surface area contributed by atoms with Crippen LogP contribution in [0, 0.1) is 0 Å². The Hall–Kier alpha value is -1.59. The lowest BCUT2D eigenvalue weighted by molar-refractivity contribution is 0.0499. The lowest BCUT2D eigenvalue weighted by atomic mass is 9.94. The van der Waals surface area contributed by atoms with Gasteiger partial charge in [0, 0.05) is 32.7 Å². The number of hydrogen-bond donors (Lipinski definition) is 1. The SMILES string of the molecule is COC(C)CN1C[C@@H](NC(=O)OC(C)(C)C)[C@H](c2ccccc2)C1. The number of ether oxygens (including phenoxy) is 2. The molecule has 1 aliphatic rings. The van der Waals surface area contributed by atoms with E-state index in [4.69, 9.17) is 9.47 Å². The molecule has 0 radical (unpaired) electrons. The number of nitrogens with zero attached hydrogens (tertiary/aromatic N) is 1. The quantitative estimate of drug-likeness (QED) is 0.899. The summed E-state index contributed by atoms with van der Waals surface area (Å²) in [7, 11) is 1.73. The highest BCUT2D eigenvalue weighted by Crippen LogP contribution is 2.28. The van der Waals surface area contributed by atoms with Crippen LogP contribution in [0.3, 0.4) is 0 Å². The highest BCUT2D eigenvalue weighted by atomic mass is 16.6. The highest BCUT2D eigenvalue weighted by molar-refractivity contribution is 5.68. The van der Waals surface area contributed by atoms with Gasteiger partial charge in [0.2, 0.25) is 0 Å². The number of alkyl carbamates (subject to hydrolysis) is 1. The van der Waals surface area contributed by atoms with Crippen molar-refractivity contribution in [3.05, 3.63) is 35.9 Å². The first kappa shape index (κ1) is 18.7. The summed E-state index contributed by atoms with van der Waals surface area (Å²) in [6.45, 7) is 10.2. The van der Waals surface area contributed by atoms with E-state index in [-0.39, 0.29) is 24.2 Å². The number of benzene rings is 1. The summed E-state index contributed by atoms with van der Waals surface area (Å²) < 4.78 is 10.8. The average Bonchev–Trinajstić information content (AvgIpc) is 2.88. The van der Waals surface area contributed by atoms with Gasteiger partial charge in [-0.25, -0.2) is 4.79 Å². The van der Waals surface area contributed by atoms with Crippen LogP contribution in [0.4, 0.5) is 4.79 Å². The molecule has 2 rings (SSSR count). The third kappa shape index (κ3) is 5.49. The number of amides is 1. The van der Waals surface area contributed by atoms with E-state index in [1.54, 1.807) is 7.11 Å². The van der Waals surface area contributed by atoms with Crippen molar-refractivity contribution in [2.45, 2.75) is 51.4 Å². The van der Waals surface area contributed by atoms with Gasteiger partial charge in [-0.3, -0.25) is 4.90 Å². The molecule has 1 aromatic rings. The molecule has 0 saturated carbocycles. The monoisotopic (exact) mass is 334 g/mol. The molecule has 0 aromatic heterocycles. The minimum absolute atomic E-state index is 0.0336. The van der Waals surface area contributed by atoms with Gasteiger partial charge in [0.1, 0.15) is 5.60 Å². The number of rotatable bonds is 5. The number of nitrogens with one attached hydrogen (secondary N) is 1. The predicted molar refractivity (Wildman–Crippen MR) is 95.3 cm³/mol. The molecule has 5 heteroatoms. The van der Waals surface area contributed by atoms with Gasteiger partial charge < -0.3 is 14.8 Å². The second-order valence-corrected chi connectivity index (χ2v) is 7.53. The van der Waals surface area contributed by atoms with E-state index in [1.807, 2.05) is 39.0 Å². The summed E-state index contributed by atoms with van der Waals surface area (Å²) in [6.07, 6.45) is -0.184. The fraction of sp³-hybridized carbons (Fsp3) is 0.632. The lowest BCUT2D eigenvalue weighted by Gasteiger charge is -2.24. The van der Waals surface area contributed by atoms with Crippen molar-refractivity contribution in [3.8, 4) is 0 Å². The van der Waals surface area contributed by atoms with Crippen molar-refractivity contribution >= 4 is 6.09 Å². The van der Waals surface area contributed by atoms with Crippen molar-refractivity contribution in [1.82, 2.24) is 10.2 Å². The Kier molecular flexibility index (Phi) is 6.24. The molecule has 0 spiro atoms. The normalized spacial score (nSPS) is 23.0. The van der Waals surface area contributed by atoms with Gasteiger partial charge in [0.15, 0.2) is 0 Å². The van der Waals surface area contributed by atoms with Crippen molar-refractivity contribution in [2.75, 3.05) is 26.7 Å². The third-order valence-corrected chi connectivity index (χ3v) is 4.24. The van der Waals surface area contributed by atoms with E-state index in [1.165, 1.54) is 5.56 Å².